The molecule has 1 atom stereocenters. The molecule has 1 aromatic rings. The summed E-state index contributed by atoms with van der Waals surface area (Å²) in [7, 11) is -1.93. The van der Waals surface area contributed by atoms with E-state index in [1.807, 2.05) is 20.8 Å². The van der Waals surface area contributed by atoms with Crippen LogP contribution in [-0.2, 0) is 21.3 Å². The number of ether oxygens (including phenoxy) is 1. The van der Waals surface area contributed by atoms with Gasteiger partial charge < -0.3 is 14.5 Å². The van der Waals surface area contributed by atoms with Crippen LogP contribution < -0.4 is 5.32 Å². The van der Waals surface area contributed by atoms with Gasteiger partial charge in [0.2, 0.25) is 5.09 Å². The minimum atomic E-state index is -3.56. The molecule has 0 amide bonds. The van der Waals surface area contributed by atoms with E-state index in [1.165, 1.54) is 10.4 Å². The summed E-state index contributed by atoms with van der Waals surface area (Å²) in [6.45, 7) is 7.90. The maximum atomic E-state index is 12.5. The van der Waals surface area contributed by atoms with Gasteiger partial charge in [-0.1, -0.05) is 13.8 Å². The Kier molecular flexibility index (Phi) is 7.37. The molecule has 21 heavy (non-hydrogen) atoms. The molecule has 122 valence electrons. The van der Waals surface area contributed by atoms with Crippen LogP contribution in [0.15, 0.2) is 21.6 Å². The number of nitrogens with one attached hydrogen (secondary N) is 1. The Morgan fingerprint density at radius 2 is 2.10 bits per heavy atom. The van der Waals surface area contributed by atoms with Crippen molar-refractivity contribution in [3.05, 3.63) is 17.9 Å². The van der Waals surface area contributed by atoms with Gasteiger partial charge in [-0.15, -0.1) is 0 Å². The highest BCUT2D eigenvalue weighted by Crippen LogP contribution is 2.21. The van der Waals surface area contributed by atoms with Crippen molar-refractivity contribution in [2.45, 2.75) is 44.9 Å². The lowest BCUT2D eigenvalue weighted by atomic mass is 10.3. The van der Waals surface area contributed by atoms with Gasteiger partial charge in [0.05, 0.1) is 13.2 Å². The first-order chi connectivity index (χ1) is 9.97. The molecule has 7 heteroatoms. The molecule has 1 rings (SSSR count). The molecule has 1 heterocycles. The first-order valence-electron chi connectivity index (χ1n) is 7.27. The first-order valence-corrected chi connectivity index (χ1v) is 8.71. The van der Waals surface area contributed by atoms with E-state index in [9.17, 15) is 8.42 Å². The van der Waals surface area contributed by atoms with E-state index in [-0.39, 0.29) is 11.1 Å². The third-order valence-electron chi connectivity index (χ3n) is 3.38. The molecular weight excluding hydrogens is 292 g/mol. The average Bonchev–Trinajstić information content (AvgIpc) is 2.93. The highest BCUT2D eigenvalue weighted by atomic mass is 32.2. The Morgan fingerprint density at radius 3 is 2.67 bits per heavy atom. The smallest absolute Gasteiger partial charge is 0.276 e. The summed E-state index contributed by atoms with van der Waals surface area (Å²) in [4.78, 5) is 0. The number of hydrogen-bond acceptors (Lipinski definition) is 5. The second kappa shape index (κ2) is 8.53. The van der Waals surface area contributed by atoms with Crippen LogP contribution in [0.1, 0.15) is 33.0 Å². The molecule has 0 saturated carbocycles. The number of rotatable bonds is 10. The van der Waals surface area contributed by atoms with E-state index in [1.54, 1.807) is 13.2 Å². The van der Waals surface area contributed by atoms with Gasteiger partial charge >= 0.3 is 0 Å². The van der Waals surface area contributed by atoms with E-state index in [0.717, 1.165) is 6.42 Å². The molecule has 6 nitrogen and oxygen atoms in total. The Labute approximate surface area is 127 Å². The van der Waals surface area contributed by atoms with Crippen LogP contribution in [0.5, 0.6) is 0 Å². The fraction of sp³-hybridized carbons (Fsp3) is 0.714. The highest BCUT2D eigenvalue weighted by molar-refractivity contribution is 7.89. The highest BCUT2D eigenvalue weighted by Gasteiger charge is 2.29. The van der Waals surface area contributed by atoms with Crippen molar-refractivity contribution in [2.75, 3.05) is 26.8 Å². The fourth-order valence-electron chi connectivity index (χ4n) is 2.02. The molecule has 0 aliphatic heterocycles. The van der Waals surface area contributed by atoms with E-state index >= 15 is 0 Å². The summed E-state index contributed by atoms with van der Waals surface area (Å²) in [6.07, 6.45) is 0.763. The number of furan rings is 1. The molecule has 1 aromatic heterocycles. The molecule has 0 aliphatic rings. The van der Waals surface area contributed by atoms with Crippen molar-refractivity contribution in [3.63, 3.8) is 0 Å². The minimum Gasteiger partial charge on any atom is -0.447 e. The zero-order chi connectivity index (χ0) is 15.9. The van der Waals surface area contributed by atoms with Gasteiger partial charge in [-0.05, 0) is 25.5 Å². The monoisotopic (exact) mass is 318 g/mol. The molecule has 0 bridgehead atoms. The molecule has 0 saturated heterocycles. The summed E-state index contributed by atoms with van der Waals surface area (Å²) in [5.41, 5.74) is 0. The van der Waals surface area contributed by atoms with Gasteiger partial charge in [0.25, 0.3) is 10.0 Å². The Morgan fingerprint density at radius 1 is 1.38 bits per heavy atom. The zero-order valence-electron chi connectivity index (χ0n) is 13.3. The van der Waals surface area contributed by atoms with Gasteiger partial charge in [-0.2, -0.15) is 4.31 Å². The molecule has 0 aromatic carbocycles. The van der Waals surface area contributed by atoms with Crippen molar-refractivity contribution >= 4 is 10.0 Å². The lowest BCUT2D eigenvalue weighted by Crippen LogP contribution is -2.37. The van der Waals surface area contributed by atoms with E-state index in [2.05, 4.69) is 5.32 Å². The lowest BCUT2D eigenvalue weighted by Gasteiger charge is -2.24. The molecule has 0 fully saturated rings. The molecule has 0 aliphatic carbocycles. The predicted octanol–water partition coefficient (Wildman–Crippen LogP) is 1.82. The Balaban J connectivity index is 2.78. The average molecular weight is 318 g/mol. The van der Waals surface area contributed by atoms with Gasteiger partial charge in [-0.3, -0.25) is 0 Å². The first kappa shape index (κ1) is 18.2. The third kappa shape index (κ3) is 4.81. The maximum absolute atomic E-state index is 12.5. The lowest BCUT2D eigenvalue weighted by molar-refractivity contribution is 0.198. The van der Waals surface area contributed by atoms with Crippen molar-refractivity contribution < 1.29 is 17.6 Å². The van der Waals surface area contributed by atoms with Crippen molar-refractivity contribution in [2.24, 2.45) is 0 Å². The number of nitrogens with zero attached hydrogens (tertiary/aromatic N) is 1. The Bertz CT molecular complexity index is 513. The predicted molar refractivity (Wildman–Crippen MR) is 81.6 cm³/mol. The van der Waals surface area contributed by atoms with Crippen molar-refractivity contribution in [3.8, 4) is 0 Å². The van der Waals surface area contributed by atoms with Crippen LogP contribution in [-0.4, -0.2) is 45.6 Å². The quantitative estimate of drug-likeness (QED) is 0.666. The maximum Gasteiger partial charge on any atom is 0.276 e. The van der Waals surface area contributed by atoms with Crippen molar-refractivity contribution in [1.29, 1.82) is 0 Å². The summed E-state index contributed by atoms with van der Waals surface area (Å²) >= 11 is 0. The number of methoxy groups -OCH3 is 1. The second-order valence-corrected chi connectivity index (χ2v) is 6.68. The molecule has 0 spiro atoms. The third-order valence-corrected chi connectivity index (χ3v) is 5.34. The van der Waals surface area contributed by atoms with Gasteiger partial charge in [0.15, 0.2) is 0 Å². The fourth-order valence-corrected chi connectivity index (χ4v) is 3.66. The van der Waals surface area contributed by atoms with Crippen LogP contribution in [0, 0.1) is 0 Å². The normalized spacial score (nSPS) is 13.8. The topological polar surface area (TPSA) is 71.8 Å². The SMILES string of the molecule is CCC(C)N(CC)S(=O)(=O)c1ccc(CNCCOC)o1. The van der Waals surface area contributed by atoms with Crippen LogP contribution in [0.25, 0.3) is 0 Å². The van der Waals surface area contributed by atoms with Gasteiger partial charge in [0, 0.05) is 26.2 Å². The van der Waals surface area contributed by atoms with Crippen LogP contribution >= 0.6 is 0 Å². The summed E-state index contributed by atoms with van der Waals surface area (Å²) in [6, 6.07) is 3.17. The minimum absolute atomic E-state index is 0.00758. The standard InChI is InChI=1S/C14H26N2O4S/c1-5-12(3)16(6-2)21(17,18)14-8-7-13(20-14)11-15-9-10-19-4/h7-8,12,15H,5-6,9-11H2,1-4H3. The molecule has 0 radical (unpaired) electrons. The van der Waals surface area contributed by atoms with Gasteiger partial charge in [-0.25, -0.2) is 8.42 Å². The summed E-state index contributed by atoms with van der Waals surface area (Å²) in [5.74, 6) is 0.602. The molecular formula is C14H26N2O4S. The molecule has 1 N–H and O–H groups in total. The second-order valence-electron chi connectivity index (χ2n) is 4.86. The van der Waals surface area contributed by atoms with Gasteiger partial charge in [0.1, 0.15) is 5.76 Å². The van der Waals surface area contributed by atoms with Crippen molar-refractivity contribution in [1.82, 2.24) is 9.62 Å². The van der Waals surface area contributed by atoms with E-state index in [4.69, 9.17) is 9.15 Å². The Hall–Kier alpha value is -0.890. The molecule has 1 unspecified atom stereocenters. The summed E-state index contributed by atoms with van der Waals surface area (Å²) < 4.78 is 37.0. The van der Waals surface area contributed by atoms with Crippen LogP contribution in [0.3, 0.4) is 0 Å². The van der Waals surface area contributed by atoms with Crippen LogP contribution in [0.2, 0.25) is 0 Å². The van der Waals surface area contributed by atoms with Crippen LogP contribution in [0.4, 0.5) is 0 Å². The van der Waals surface area contributed by atoms with E-state index < -0.39 is 10.0 Å². The largest absolute Gasteiger partial charge is 0.447 e. The number of sulfonamides is 1. The number of hydrogen-bond donors (Lipinski definition) is 1. The zero-order valence-corrected chi connectivity index (χ0v) is 14.1. The summed E-state index contributed by atoms with van der Waals surface area (Å²) in [5, 5.41) is 3.12. The van der Waals surface area contributed by atoms with E-state index in [0.29, 0.717) is 32.0 Å².